The number of rotatable bonds is 2. The summed E-state index contributed by atoms with van der Waals surface area (Å²) in [5, 5.41) is 9.51. The van der Waals surface area contributed by atoms with E-state index in [4.69, 9.17) is 4.74 Å². The Labute approximate surface area is 128 Å². The van der Waals surface area contributed by atoms with Crippen molar-refractivity contribution in [2.45, 2.75) is 30.6 Å². The van der Waals surface area contributed by atoms with Gasteiger partial charge in [0.1, 0.15) is 11.5 Å². The number of aliphatic carboxylic acids is 1. The minimum Gasteiger partial charge on any atom is -0.481 e. The van der Waals surface area contributed by atoms with E-state index < -0.39 is 29.5 Å². The largest absolute Gasteiger partial charge is 0.481 e. The van der Waals surface area contributed by atoms with Crippen LogP contribution < -0.4 is 0 Å². The molecule has 6 heterocycles. The first-order chi connectivity index (χ1) is 10.6. The number of carbonyl (C=O) groups is 2. The molecule has 0 aromatic rings. The van der Waals surface area contributed by atoms with Crippen LogP contribution in [0.5, 0.6) is 0 Å². The minimum absolute atomic E-state index is 0.00185. The van der Waals surface area contributed by atoms with Gasteiger partial charge in [-0.1, -0.05) is 12.2 Å². The highest BCUT2D eigenvalue weighted by Gasteiger charge is 2.68. The van der Waals surface area contributed by atoms with Gasteiger partial charge in [0.05, 0.1) is 18.6 Å². The number of hydrogen-bond acceptors (Lipinski definition) is 4. The lowest BCUT2D eigenvalue weighted by molar-refractivity contribution is -0.149. The predicted molar refractivity (Wildman–Crippen MR) is 76.0 cm³/mol. The van der Waals surface area contributed by atoms with Crippen LogP contribution in [-0.2, 0) is 14.3 Å². The first kappa shape index (κ1) is 13.1. The normalized spacial score (nSPS) is 51.6. The smallest absolute Gasteiger partial charge is 0.310 e. The first-order valence-corrected chi connectivity index (χ1v) is 8.22. The van der Waals surface area contributed by atoms with Gasteiger partial charge in [0.2, 0.25) is 5.91 Å². The van der Waals surface area contributed by atoms with Gasteiger partial charge in [-0.25, -0.2) is 0 Å². The Morgan fingerprint density at radius 2 is 2.14 bits per heavy atom. The Hall–Kier alpha value is -1.40. The molecule has 22 heavy (non-hydrogen) atoms. The molecule has 5 fully saturated rings. The fraction of sp³-hybridized carbons (Fsp3) is 0.750. The molecular weight excluding hydrogens is 284 g/mol. The van der Waals surface area contributed by atoms with Crippen molar-refractivity contribution in [1.82, 2.24) is 9.80 Å². The molecule has 0 saturated carbocycles. The molecule has 0 aliphatic carbocycles. The molecule has 118 valence electrons. The summed E-state index contributed by atoms with van der Waals surface area (Å²) in [7, 11) is 0. The quantitative estimate of drug-likeness (QED) is 0.724. The van der Waals surface area contributed by atoms with Crippen molar-refractivity contribution in [3.8, 4) is 0 Å². The zero-order valence-corrected chi connectivity index (χ0v) is 12.4. The Morgan fingerprint density at radius 1 is 1.36 bits per heavy atom. The summed E-state index contributed by atoms with van der Waals surface area (Å²) in [5.41, 5.74) is -0.684. The lowest BCUT2D eigenvalue weighted by Gasteiger charge is -2.48. The number of nitrogens with zero attached hydrogens (tertiary/aromatic N) is 2. The van der Waals surface area contributed by atoms with E-state index >= 15 is 0 Å². The summed E-state index contributed by atoms with van der Waals surface area (Å²) in [6.45, 7) is 3.73. The van der Waals surface area contributed by atoms with Crippen molar-refractivity contribution in [1.29, 1.82) is 0 Å². The minimum atomic E-state index is -0.912. The highest BCUT2D eigenvalue weighted by Crippen LogP contribution is 2.53. The molecule has 4 bridgehead atoms. The van der Waals surface area contributed by atoms with Crippen molar-refractivity contribution in [2.75, 3.05) is 26.2 Å². The highest BCUT2D eigenvalue weighted by molar-refractivity contribution is 5.91. The number of carboxylic acid groups (broad SMARTS) is 1. The van der Waals surface area contributed by atoms with Crippen LogP contribution in [0, 0.1) is 17.8 Å². The van der Waals surface area contributed by atoms with Crippen molar-refractivity contribution < 1.29 is 19.4 Å². The van der Waals surface area contributed by atoms with Gasteiger partial charge in [0.25, 0.3) is 0 Å². The van der Waals surface area contributed by atoms with E-state index in [1.807, 2.05) is 17.1 Å². The molecule has 6 rings (SSSR count). The molecular formula is C16H20N2O4. The van der Waals surface area contributed by atoms with Crippen molar-refractivity contribution in [3.63, 3.8) is 0 Å². The molecule has 0 aromatic carbocycles. The van der Waals surface area contributed by atoms with Gasteiger partial charge < -0.3 is 19.6 Å². The fourth-order valence-corrected chi connectivity index (χ4v) is 5.38. The van der Waals surface area contributed by atoms with Gasteiger partial charge in [0, 0.05) is 12.6 Å². The Balaban J connectivity index is 1.48. The molecule has 6 heteroatoms. The molecule has 5 saturated heterocycles. The van der Waals surface area contributed by atoms with Crippen LogP contribution in [0.1, 0.15) is 12.8 Å². The molecule has 6 aliphatic rings. The molecule has 1 amide bonds. The zero-order chi connectivity index (χ0) is 15.1. The lowest BCUT2D eigenvalue weighted by atomic mass is 9.77. The molecule has 5 atom stereocenters. The maximum atomic E-state index is 13.0. The lowest BCUT2D eigenvalue weighted by Crippen LogP contribution is -2.58. The SMILES string of the molecule is O=C(O)[C@H]1[C@H]2C(=O)N([C@@H]3CN4CCC3CC4)C[C@@]23C=C[C@H]1O3. The summed E-state index contributed by atoms with van der Waals surface area (Å²) in [4.78, 5) is 29.0. The third-order valence-electron chi connectivity index (χ3n) is 6.44. The first-order valence-electron chi connectivity index (χ1n) is 8.22. The number of hydrogen-bond donors (Lipinski definition) is 1. The number of ether oxygens (including phenoxy) is 1. The Morgan fingerprint density at radius 3 is 2.77 bits per heavy atom. The van der Waals surface area contributed by atoms with Gasteiger partial charge >= 0.3 is 5.97 Å². The standard InChI is InChI=1S/C16H20N2O4/c19-14-13-12(15(20)21)11-1-4-16(13,22-11)8-18(14)10-7-17-5-2-9(10)3-6-17/h1,4,9-13H,2-3,5-8H2,(H,20,21)/t10-,11-,12-,13+,16+/m1/s1. The number of carboxylic acids is 1. The van der Waals surface area contributed by atoms with E-state index in [1.165, 1.54) is 0 Å². The number of amides is 1. The number of fused-ring (bicyclic) bond motifs is 4. The second-order valence-electron chi connectivity index (χ2n) is 7.41. The predicted octanol–water partition coefficient (Wildman–Crippen LogP) is -0.0528. The van der Waals surface area contributed by atoms with Crippen LogP contribution in [0.3, 0.4) is 0 Å². The number of carbonyl (C=O) groups excluding carboxylic acids is 1. The summed E-state index contributed by atoms with van der Waals surface area (Å²) >= 11 is 0. The second-order valence-corrected chi connectivity index (χ2v) is 7.41. The van der Waals surface area contributed by atoms with E-state index in [-0.39, 0.29) is 11.9 Å². The van der Waals surface area contributed by atoms with E-state index in [2.05, 4.69) is 4.90 Å². The average Bonchev–Trinajstić information content (AvgIpc) is 3.16. The second kappa shape index (κ2) is 4.11. The van der Waals surface area contributed by atoms with Crippen molar-refractivity contribution >= 4 is 11.9 Å². The third kappa shape index (κ3) is 1.47. The van der Waals surface area contributed by atoms with Crippen LogP contribution >= 0.6 is 0 Å². The zero-order valence-electron chi connectivity index (χ0n) is 12.4. The van der Waals surface area contributed by atoms with E-state index in [0.29, 0.717) is 12.5 Å². The number of likely N-dealkylation sites (tertiary alicyclic amines) is 1. The van der Waals surface area contributed by atoms with E-state index in [1.54, 1.807) is 0 Å². The van der Waals surface area contributed by atoms with Crippen molar-refractivity contribution in [3.05, 3.63) is 12.2 Å². The fourth-order valence-electron chi connectivity index (χ4n) is 5.38. The molecule has 1 N–H and O–H groups in total. The van der Waals surface area contributed by atoms with Crippen LogP contribution in [-0.4, -0.2) is 70.7 Å². The molecule has 0 aromatic heterocycles. The topological polar surface area (TPSA) is 70.1 Å². The number of piperidine rings is 3. The summed E-state index contributed by atoms with van der Waals surface area (Å²) < 4.78 is 5.96. The van der Waals surface area contributed by atoms with E-state index in [9.17, 15) is 14.7 Å². The van der Waals surface area contributed by atoms with Gasteiger partial charge in [0.15, 0.2) is 0 Å². The molecule has 6 nitrogen and oxygen atoms in total. The summed E-state index contributed by atoms with van der Waals surface area (Å²) in [6.07, 6.45) is 5.64. The molecule has 6 aliphatic heterocycles. The van der Waals surface area contributed by atoms with Crippen LogP contribution in [0.4, 0.5) is 0 Å². The Bertz CT molecular complexity index is 583. The van der Waals surface area contributed by atoms with Crippen LogP contribution in [0.25, 0.3) is 0 Å². The van der Waals surface area contributed by atoms with Gasteiger partial charge in [-0.15, -0.1) is 0 Å². The van der Waals surface area contributed by atoms with Gasteiger partial charge in [-0.2, -0.15) is 0 Å². The summed E-state index contributed by atoms with van der Waals surface area (Å²) in [6, 6.07) is 0.237. The maximum absolute atomic E-state index is 13.0. The maximum Gasteiger partial charge on any atom is 0.310 e. The monoisotopic (exact) mass is 304 g/mol. The summed E-state index contributed by atoms with van der Waals surface area (Å²) in [5.74, 6) is -1.60. The molecule has 1 spiro atoms. The molecule has 0 unspecified atom stereocenters. The average molecular weight is 304 g/mol. The van der Waals surface area contributed by atoms with Crippen LogP contribution in [0.2, 0.25) is 0 Å². The third-order valence-corrected chi connectivity index (χ3v) is 6.44. The van der Waals surface area contributed by atoms with E-state index in [0.717, 1.165) is 32.5 Å². The molecule has 0 radical (unpaired) electrons. The van der Waals surface area contributed by atoms with Crippen molar-refractivity contribution in [2.24, 2.45) is 17.8 Å². The Kier molecular flexibility index (Phi) is 2.45. The van der Waals surface area contributed by atoms with Gasteiger partial charge in [-0.05, 0) is 31.8 Å². The van der Waals surface area contributed by atoms with Crippen LogP contribution in [0.15, 0.2) is 12.2 Å². The van der Waals surface area contributed by atoms with Gasteiger partial charge in [-0.3, -0.25) is 9.59 Å². The highest BCUT2D eigenvalue weighted by atomic mass is 16.5.